The molecule has 1 amide bonds. The molecule has 0 aliphatic rings. The first-order valence-corrected chi connectivity index (χ1v) is 8.17. The molecule has 0 saturated carbocycles. The number of nitrogens with zero attached hydrogens (tertiary/aromatic N) is 2. The molecule has 0 aliphatic heterocycles. The Labute approximate surface area is 150 Å². The number of rotatable bonds is 5. The van der Waals surface area contributed by atoms with Gasteiger partial charge in [-0.1, -0.05) is 41.9 Å². The summed E-state index contributed by atoms with van der Waals surface area (Å²) in [5.74, 6) is 0.160. The van der Waals surface area contributed by atoms with Gasteiger partial charge in [-0.3, -0.25) is 4.79 Å². The zero-order valence-electron chi connectivity index (χ0n) is 13.6. The largest absolute Gasteiger partial charge is 0.493 e. The topological polar surface area (TPSA) is 63.6 Å². The third-order valence-corrected chi connectivity index (χ3v) is 3.81. The molecular weight excluding hydrogens is 338 g/mol. The van der Waals surface area contributed by atoms with Crippen molar-refractivity contribution in [3.63, 3.8) is 0 Å². The highest BCUT2D eigenvalue weighted by molar-refractivity contribution is 6.32. The lowest BCUT2D eigenvalue weighted by Gasteiger charge is -2.08. The quantitative estimate of drug-likeness (QED) is 0.427. The summed E-state index contributed by atoms with van der Waals surface area (Å²) in [5, 5.41) is 5.25. The van der Waals surface area contributed by atoms with Crippen molar-refractivity contribution >= 4 is 34.6 Å². The molecule has 6 heteroatoms. The Bertz CT molecular complexity index is 941. The number of hydrogen-bond acceptors (Lipinski definition) is 4. The number of aromatic nitrogens is 1. The molecule has 3 aromatic rings. The van der Waals surface area contributed by atoms with Crippen molar-refractivity contribution in [3.8, 4) is 5.75 Å². The zero-order valence-corrected chi connectivity index (χ0v) is 14.3. The average molecular weight is 354 g/mol. The monoisotopic (exact) mass is 353 g/mol. The Morgan fingerprint density at radius 1 is 1.24 bits per heavy atom. The minimum atomic E-state index is -0.356. The highest BCUT2D eigenvalue weighted by Crippen LogP contribution is 2.19. The van der Waals surface area contributed by atoms with Gasteiger partial charge in [-0.05, 0) is 31.2 Å². The van der Waals surface area contributed by atoms with E-state index in [-0.39, 0.29) is 5.91 Å². The number of halogens is 1. The molecule has 2 aromatic carbocycles. The van der Waals surface area contributed by atoms with Crippen LogP contribution in [-0.2, 0) is 0 Å². The number of carbonyl (C=O) groups excluding carboxylic acids is 1. The highest BCUT2D eigenvalue weighted by atomic mass is 35.5. The van der Waals surface area contributed by atoms with Crippen LogP contribution < -0.4 is 10.2 Å². The summed E-state index contributed by atoms with van der Waals surface area (Å²) in [7, 11) is 0. The van der Waals surface area contributed by atoms with E-state index >= 15 is 0 Å². The van der Waals surface area contributed by atoms with Crippen LogP contribution >= 0.6 is 11.6 Å². The van der Waals surface area contributed by atoms with Crippen LogP contribution in [0.1, 0.15) is 22.8 Å². The van der Waals surface area contributed by atoms with E-state index in [0.717, 1.165) is 10.9 Å². The molecule has 25 heavy (non-hydrogen) atoms. The molecule has 5 nitrogen and oxygen atoms in total. The summed E-state index contributed by atoms with van der Waals surface area (Å²) < 4.78 is 5.45. The summed E-state index contributed by atoms with van der Waals surface area (Å²) >= 11 is 6.17. The van der Waals surface area contributed by atoms with Gasteiger partial charge in [0.15, 0.2) is 0 Å². The van der Waals surface area contributed by atoms with E-state index in [0.29, 0.717) is 28.6 Å². The predicted octanol–water partition coefficient (Wildman–Crippen LogP) is 4.05. The van der Waals surface area contributed by atoms with Gasteiger partial charge in [-0.25, -0.2) is 10.4 Å². The summed E-state index contributed by atoms with van der Waals surface area (Å²) in [6.07, 6.45) is 1.48. The van der Waals surface area contributed by atoms with E-state index in [2.05, 4.69) is 15.5 Å². The SMILES string of the molecule is CCOc1ccccc1C(=O)N/N=C\c1cc2ccccc2nc1Cl. The molecule has 0 bridgehead atoms. The zero-order chi connectivity index (χ0) is 17.6. The summed E-state index contributed by atoms with van der Waals surface area (Å²) in [4.78, 5) is 16.6. The van der Waals surface area contributed by atoms with Gasteiger partial charge < -0.3 is 4.74 Å². The van der Waals surface area contributed by atoms with Gasteiger partial charge in [0.1, 0.15) is 10.9 Å². The van der Waals surface area contributed by atoms with Crippen LogP contribution in [0.2, 0.25) is 5.15 Å². The molecule has 0 unspecified atom stereocenters. The Balaban J connectivity index is 1.77. The molecule has 0 fully saturated rings. The van der Waals surface area contributed by atoms with E-state index in [4.69, 9.17) is 16.3 Å². The number of hydrazone groups is 1. The number of amides is 1. The van der Waals surface area contributed by atoms with Crippen LogP contribution in [0.3, 0.4) is 0 Å². The summed E-state index contributed by atoms with van der Waals surface area (Å²) in [5.41, 5.74) is 4.33. The maximum absolute atomic E-state index is 12.3. The van der Waals surface area contributed by atoms with Crippen LogP contribution in [0, 0.1) is 0 Å². The number of nitrogens with one attached hydrogen (secondary N) is 1. The molecular formula is C19H16ClN3O2. The van der Waals surface area contributed by atoms with Crippen LogP contribution in [-0.4, -0.2) is 23.7 Å². The second-order valence-corrected chi connectivity index (χ2v) is 5.55. The third kappa shape index (κ3) is 3.95. The molecule has 1 N–H and O–H groups in total. The number of carbonyl (C=O) groups is 1. The smallest absolute Gasteiger partial charge is 0.275 e. The minimum absolute atomic E-state index is 0.325. The minimum Gasteiger partial charge on any atom is -0.493 e. The first kappa shape index (κ1) is 16.9. The maximum Gasteiger partial charge on any atom is 0.275 e. The average Bonchev–Trinajstić information content (AvgIpc) is 2.63. The first-order chi connectivity index (χ1) is 12.2. The lowest BCUT2D eigenvalue weighted by atomic mass is 10.2. The molecule has 0 atom stereocenters. The van der Waals surface area contributed by atoms with Crippen molar-refractivity contribution in [3.05, 3.63) is 70.9 Å². The van der Waals surface area contributed by atoms with Gasteiger partial charge in [0.05, 0.1) is 23.9 Å². The number of pyridine rings is 1. The summed E-state index contributed by atoms with van der Waals surface area (Å²) in [6, 6.07) is 16.5. The number of fused-ring (bicyclic) bond motifs is 1. The molecule has 0 aliphatic carbocycles. The Hall–Kier alpha value is -2.92. The highest BCUT2D eigenvalue weighted by Gasteiger charge is 2.11. The molecule has 1 heterocycles. The molecule has 0 radical (unpaired) electrons. The second kappa shape index (κ2) is 7.77. The normalized spacial score (nSPS) is 11.0. The van der Waals surface area contributed by atoms with Crippen molar-refractivity contribution in [1.29, 1.82) is 0 Å². The van der Waals surface area contributed by atoms with Crippen LogP contribution in [0.5, 0.6) is 5.75 Å². The number of hydrogen-bond donors (Lipinski definition) is 1. The van der Waals surface area contributed by atoms with E-state index in [9.17, 15) is 4.79 Å². The Kier molecular flexibility index (Phi) is 5.26. The molecule has 0 saturated heterocycles. The molecule has 3 rings (SSSR count). The first-order valence-electron chi connectivity index (χ1n) is 7.79. The van der Waals surface area contributed by atoms with Gasteiger partial charge in [-0.2, -0.15) is 5.10 Å². The van der Waals surface area contributed by atoms with E-state index in [1.165, 1.54) is 6.21 Å². The van der Waals surface area contributed by atoms with E-state index < -0.39 is 0 Å². The van der Waals surface area contributed by atoms with E-state index in [1.807, 2.05) is 43.3 Å². The maximum atomic E-state index is 12.3. The van der Waals surface area contributed by atoms with Gasteiger partial charge in [0.25, 0.3) is 5.91 Å². The standard InChI is InChI=1S/C19H16ClN3O2/c1-2-25-17-10-6-4-8-15(17)19(24)23-21-12-14-11-13-7-3-5-9-16(13)22-18(14)20/h3-12H,2H2,1H3,(H,23,24)/b21-12-. The van der Waals surface area contributed by atoms with Crippen LogP contribution in [0.4, 0.5) is 0 Å². The Morgan fingerprint density at radius 3 is 2.84 bits per heavy atom. The number of para-hydroxylation sites is 2. The fourth-order valence-corrected chi connectivity index (χ4v) is 2.55. The number of benzene rings is 2. The fourth-order valence-electron chi connectivity index (χ4n) is 2.36. The third-order valence-electron chi connectivity index (χ3n) is 3.51. The molecule has 1 aromatic heterocycles. The van der Waals surface area contributed by atoms with Crippen LogP contribution in [0.15, 0.2) is 59.7 Å². The van der Waals surface area contributed by atoms with Crippen molar-refractivity contribution in [2.75, 3.05) is 6.61 Å². The molecule has 0 spiro atoms. The second-order valence-electron chi connectivity index (χ2n) is 5.19. The van der Waals surface area contributed by atoms with Gasteiger partial charge in [0.2, 0.25) is 0 Å². The van der Waals surface area contributed by atoms with Crippen molar-refractivity contribution in [2.45, 2.75) is 6.92 Å². The predicted molar refractivity (Wildman–Crippen MR) is 99.4 cm³/mol. The summed E-state index contributed by atoms with van der Waals surface area (Å²) in [6.45, 7) is 2.34. The van der Waals surface area contributed by atoms with Gasteiger partial charge in [-0.15, -0.1) is 0 Å². The lowest BCUT2D eigenvalue weighted by molar-refractivity contribution is 0.0951. The van der Waals surface area contributed by atoms with Crippen LogP contribution in [0.25, 0.3) is 10.9 Å². The fraction of sp³-hybridized carbons (Fsp3) is 0.105. The van der Waals surface area contributed by atoms with Gasteiger partial charge in [0, 0.05) is 10.9 Å². The van der Waals surface area contributed by atoms with Crippen molar-refractivity contribution in [1.82, 2.24) is 10.4 Å². The lowest BCUT2D eigenvalue weighted by Crippen LogP contribution is -2.18. The van der Waals surface area contributed by atoms with Crippen molar-refractivity contribution < 1.29 is 9.53 Å². The van der Waals surface area contributed by atoms with Crippen molar-refractivity contribution in [2.24, 2.45) is 5.10 Å². The Morgan fingerprint density at radius 2 is 2.00 bits per heavy atom. The van der Waals surface area contributed by atoms with E-state index in [1.54, 1.807) is 18.2 Å². The molecule has 126 valence electrons. The number of ether oxygens (including phenoxy) is 1. The van der Waals surface area contributed by atoms with Gasteiger partial charge >= 0.3 is 0 Å².